The van der Waals surface area contributed by atoms with Crippen molar-refractivity contribution < 1.29 is 0 Å². The Hall–Kier alpha value is -8.48. The third-order valence-electron chi connectivity index (χ3n) is 12.6. The molecule has 0 unspecified atom stereocenters. The summed E-state index contributed by atoms with van der Waals surface area (Å²) in [6, 6.07) is 60.0. The molecule has 288 valence electrons. The molecule has 0 spiro atoms. The van der Waals surface area contributed by atoms with Crippen LogP contribution in [0.1, 0.15) is 11.3 Å². The van der Waals surface area contributed by atoms with Crippen LogP contribution in [-0.4, -0.2) is 28.7 Å². The van der Waals surface area contributed by atoms with Crippen molar-refractivity contribution in [2.45, 2.75) is 0 Å². The predicted octanol–water partition coefficient (Wildman–Crippen LogP) is 14.1. The molecule has 0 radical (unpaired) electrons. The molecule has 6 nitrogen and oxygen atoms in total. The van der Waals surface area contributed by atoms with Crippen LogP contribution >= 0.6 is 0 Å². The normalized spacial score (nSPS) is 12.0. The van der Waals surface area contributed by atoms with E-state index in [-0.39, 0.29) is 0 Å². The van der Waals surface area contributed by atoms with Gasteiger partial charge < -0.3 is 0 Å². The maximum Gasteiger partial charge on any atom is 0.149 e. The molecule has 0 aliphatic rings. The second-order valence-corrected chi connectivity index (χ2v) is 15.9. The number of nitrogens with zero attached hydrogens (tertiary/aromatic N) is 6. The van der Waals surface area contributed by atoms with Crippen LogP contribution in [0.4, 0.5) is 0 Å². The third-order valence-corrected chi connectivity index (χ3v) is 12.6. The first-order valence-electron chi connectivity index (χ1n) is 20.8. The quantitative estimate of drug-likeness (QED) is 0.163. The molecular weight excluding hydrogens is 757 g/mol. The van der Waals surface area contributed by atoms with Gasteiger partial charge in [-0.05, 0) is 63.0 Å². The second-order valence-electron chi connectivity index (χ2n) is 15.9. The highest BCUT2D eigenvalue weighted by Gasteiger charge is 2.23. The molecule has 0 N–H and O–H groups in total. The lowest BCUT2D eigenvalue weighted by Gasteiger charge is -2.14. The van der Waals surface area contributed by atoms with Crippen LogP contribution in [0.25, 0.3) is 133 Å². The van der Waals surface area contributed by atoms with Gasteiger partial charge in [0.1, 0.15) is 22.9 Å². The lowest BCUT2D eigenvalue weighted by Crippen LogP contribution is -2.02. The van der Waals surface area contributed by atoms with E-state index >= 15 is 0 Å². The van der Waals surface area contributed by atoms with Crippen LogP contribution < -0.4 is 0 Å². The van der Waals surface area contributed by atoms with Crippen LogP contribution in [0.3, 0.4) is 0 Å². The van der Waals surface area contributed by atoms with Gasteiger partial charge in [0.15, 0.2) is 0 Å². The second kappa shape index (κ2) is 13.0. The summed E-state index contributed by atoms with van der Waals surface area (Å²) in [6.45, 7) is 8.37. The van der Waals surface area contributed by atoms with Crippen molar-refractivity contribution in [3.05, 3.63) is 194 Å². The zero-order chi connectivity index (χ0) is 41.1. The standard InChI is InChI=1S/C56H34N6/c1-3-37-47(4-2)57-53(61-51-44-27-11-7-23-40(44)38-21-5-9-25-42(38)49(51)59-55(37)61)35-19-15-17-33(31-35)34-18-16-20-36(32-34)54-58-48-30-14-13-29-46(48)56-60-50-43-26-10-6-22-39(43)41-24-8-12-28-45(41)52(50)62(54)56/h3-32H,1-2H2. The minimum Gasteiger partial charge on any atom is -0.275 e. The predicted molar refractivity (Wildman–Crippen MR) is 259 cm³/mol. The van der Waals surface area contributed by atoms with E-state index < -0.39 is 0 Å². The molecule has 0 bridgehead atoms. The highest BCUT2D eigenvalue weighted by Crippen LogP contribution is 2.41. The molecule has 0 fully saturated rings. The third kappa shape index (κ3) is 4.74. The smallest absolute Gasteiger partial charge is 0.149 e. The summed E-state index contributed by atoms with van der Waals surface area (Å²) in [5, 5.41) is 10.2. The number of hydrogen-bond acceptors (Lipinski definition) is 4. The number of fused-ring (bicyclic) bond motifs is 18. The van der Waals surface area contributed by atoms with Crippen LogP contribution in [0.15, 0.2) is 183 Å². The molecule has 4 heterocycles. The fourth-order valence-corrected chi connectivity index (χ4v) is 9.86. The Labute approximate surface area is 355 Å². The molecular formula is C56H34N6. The fourth-order valence-electron chi connectivity index (χ4n) is 9.86. The molecule has 0 atom stereocenters. The SMILES string of the molecule is C=Cc1nc(-c2cccc(-c3cccc(-c4nc5ccccc5c5nc6c7ccccc7c7ccccc7c6n45)c3)c2)n2c(nc3c4ccccc4c4ccccc4c32)c1C=C. The van der Waals surface area contributed by atoms with Crippen molar-refractivity contribution in [3.63, 3.8) is 0 Å². The van der Waals surface area contributed by atoms with Crippen LogP contribution in [0, 0.1) is 0 Å². The Morgan fingerprint density at radius 1 is 0.355 bits per heavy atom. The number of benzene rings is 9. The molecule has 13 rings (SSSR count). The summed E-state index contributed by atoms with van der Waals surface area (Å²) in [4.78, 5) is 21.5. The van der Waals surface area contributed by atoms with Gasteiger partial charge >= 0.3 is 0 Å². The molecule has 0 aliphatic carbocycles. The molecule has 0 aliphatic heterocycles. The fraction of sp³-hybridized carbons (Fsp3) is 0. The van der Waals surface area contributed by atoms with Crippen LogP contribution in [0.2, 0.25) is 0 Å². The van der Waals surface area contributed by atoms with E-state index in [4.69, 9.17) is 19.9 Å². The van der Waals surface area contributed by atoms with Gasteiger partial charge in [-0.2, -0.15) is 0 Å². The Morgan fingerprint density at radius 3 is 1.31 bits per heavy atom. The van der Waals surface area contributed by atoms with Crippen molar-refractivity contribution >= 4 is 99.5 Å². The number of hydrogen-bond donors (Lipinski definition) is 0. The molecule has 9 aromatic carbocycles. The molecule has 0 saturated carbocycles. The molecule has 4 aromatic heterocycles. The lowest BCUT2D eigenvalue weighted by molar-refractivity contribution is 1.11. The first-order chi connectivity index (χ1) is 30.7. The summed E-state index contributed by atoms with van der Waals surface area (Å²) in [5.41, 5.74) is 12.2. The number of aromatic nitrogens is 6. The van der Waals surface area contributed by atoms with E-state index in [2.05, 4.69) is 186 Å². The van der Waals surface area contributed by atoms with Gasteiger partial charge in [0.25, 0.3) is 0 Å². The van der Waals surface area contributed by atoms with Gasteiger partial charge in [0, 0.05) is 43.6 Å². The maximum atomic E-state index is 5.43. The van der Waals surface area contributed by atoms with Crippen molar-refractivity contribution in [1.82, 2.24) is 28.7 Å². The van der Waals surface area contributed by atoms with Gasteiger partial charge in [-0.15, -0.1) is 0 Å². The zero-order valence-corrected chi connectivity index (χ0v) is 33.4. The molecule has 0 saturated heterocycles. The number of imidazole rings is 2. The van der Waals surface area contributed by atoms with Crippen molar-refractivity contribution in [2.24, 2.45) is 0 Å². The van der Waals surface area contributed by atoms with E-state index in [1.54, 1.807) is 6.08 Å². The van der Waals surface area contributed by atoms with Crippen molar-refractivity contribution in [3.8, 4) is 33.9 Å². The summed E-state index contributed by atoms with van der Waals surface area (Å²) in [5.74, 6) is 1.62. The summed E-state index contributed by atoms with van der Waals surface area (Å²) >= 11 is 0. The highest BCUT2D eigenvalue weighted by atomic mass is 15.1. The topological polar surface area (TPSA) is 60.4 Å². The van der Waals surface area contributed by atoms with E-state index in [0.29, 0.717) is 0 Å². The minimum absolute atomic E-state index is 0.734. The first-order valence-corrected chi connectivity index (χ1v) is 20.8. The number of para-hydroxylation sites is 1. The largest absolute Gasteiger partial charge is 0.275 e. The van der Waals surface area contributed by atoms with E-state index in [1.807, 2.05) is 12.1 Å². The number of rotatable bonds is 5. The first kappa shape index (κ1) is 34.4. The molecule has 62 heavy (non-hydrogen) atoms. The average Bonchev–Trinajstić information content (AvgIpc) is 3.95. The van der Waals surface area contributed by atoms with Crippen molar-refractivity contribution in [1.29, 1.82) is 0 Å². The summed E-state index contributed by atoms with van der Waals surface area (Å²) in [6.07, 6.45) is 3.64. The van der Waals surface area contributed by atoms with Crippen LogP contribution in [-0.2, 0) is 0 Å². The monoisotopic (exact) mass is 790 g/mol. The van der Waals surface area contributed by atoms with E-state index in [0.717, 1.165) is 111 Å². The average molecular weight is 791 g/mol. The molecule has 13 aromatic rings. The van der Waals surface area contributed by atoms with E-state index in [1.165, 1.54) is 21.5 Å². The summed E-state index contributed by atoms with van der Waals surface area (Å²) < 4.78 is 4.50. The van der Waals surface area contributed by atoms with Gasteiger partial charge in [-0.3, -0.25) is 8.80 Å². The zero-order valence-electron chi connectivity index (χ0n) is 33.4. The molecule has 0 amide bonds. The highest BCUT2D eigenvalue weighted by molar-refractivity contribution is 6.26. The Balaban J connectivity index is 1.06. The Morgan fingerprint density at radius 2 is 0.774 bits per heavy atom. The molecule has 6 heteroatoms. The van der Waals surface area contributed by atoms with Crippen LogP contribution in [0.5, 0.6) is 0 Å². The van der Waals surface area contributed by atoms with Gasteiger partial charge in [0.2, 0.25) is 0 Å². The summed E-state index contributed by atoms with van der Waals surface area (Å²) in [7, 11) is 0. The van der Waals surface area contributed by atoms with Gasteiger partial charge in [-0.25, -0.2) is 19.9 Å². The Kier molecular flexibility index (Phi) is 7.22. The maximum absolute atomic E-state index is 5.43. The Bertz CT molecular complexity index is 4100. The van der Waals surface area contributed by atoms with E-state index in [9.17, 15) is 0 Å². The van der Waals surface area contributed by atoms with Crippen molar-refractivity contribution in [2.75, 3.05) is 0 Å². The minimum atomic E-state index is 0.734. The lowest BCUT2D eigenvalue weighted by atomic mass is 9.99. The van der Waals surface area contributed by atoms with Gasteiger partial charge in [-0.1, -0.05) is 165 Å². The van der Waals surface area contributed by atoms with Gasteiger partial charge in [0.05, 0.1) is 33.3 Å².